The van der Waals surface area contributed by atoms with Crippen molar-refractivity contribution in [2.75, 3.05) is 6.61 Å². The average Bonchev–Trinajstić information content (AvgIpc) is 1.98. The van der Waals surface area contributed by atoms with Gasteiger partial charge in [-0.3, -0.25) is 9.36 Å². The van der Waals surface area contributed by atoms with Crippen molar-refractivity contribution in [1.29, 1.82) is 0 Å². The molecule has 0 saturated heterocycles. The topological polar surface area (TPSA) is 43.4 Å². The Hall–Kier alpha value is -0.430. The molecule has 0 spiro atoms. The van der Waals surface area contributed by atoms with Gasteiger partial charge < -0.3 is 4.74 Å². The van der Waals surface area contributed by atoms with Gasteiger partial charge in [-0.25, -0.2) is 0 Å². The molecule has 0 rings (SSSR count). The summed E-state index contributed by atoms with van der Waals surface area (Å²) in [5.74, 6) is -0.0650. The van der Waals surface area contributed by atoms with Crippen LogP contribution in [0.5, 0.6) is 0 Å². The van der Waals surface area contributed by atoms with E-state index in [4.69, 9.17) is 4.74 Å². The van der Waals surface area contributed by atoms with Gasteiger partial charge in [0, 0.05) is 0 Å². The molecule has 0 aliphatic heterocycles. The molecule has 3 nitrogen and oxygen atoms in total. The quantitative estimate of drug-likeness (QED) is 0.485. The van der Waals surface area contributed by atoms with Crippen LogP contribution in [-0.2, 0) is 14.1 Å². The van der Waals surface area contributed by atoms with Crippen LogP contribution in [0, 0.1) is 5.92 Å². The minimum atomic E-state index is -0.534. The van der Waals surface area contributed by atoms with Gasteiger partial charge in [-0.2, -0.15) is 0 Å². The van der Waals surface area contributed by atoms with Crippen LogP contribution < -0.4 is 0 Å². The van der Waals surface area contributed by atoms with E-state index in [1.807, 2.05) is 13.8 Å². The molecule has 0 aromatic carbocycles. The van der Waals surface area contributed by atoms with Crippen LogP contribution in [0.15, 0.2) is 0 Å². The van der Waals surface area contributed by atoms with Gasteiger partial charge in [-0.1, -0.05) is 13.8 Å². The van der Waals surface area contributed by atoms with Crippen LogP contribution in [0.25, 0.3) is 0 Å². The van der Waals surface area contributed by atoms with Crippen molar-refractivity contribution >= 4 is 14.4 Å². The second kappa shape index (κ2) is 5.25. The van der Waals surface area contributed by atoms with Crippen LogP contribution in [0.3, 0.4) is 0 Å². The molecule has 0 aliphatic carbocycles. The first kappa shape index (κ1) is 10.6. The number of carbonyl (C=O) groups is 1. The van der Waals surface area contributed by atoms with E-state index in [0.717, 1.165) is 0 Å². The van der Waals surface area contributed by atoms with Gasteiger partial charge >= 0.3 is 5.97 Å². The highest BCUT2D eigenvalue weighted by molar-refractivity contribution is 7.26. The Balaban J connectivity index is 3.60. The molecule has 0 heterocycles. The molecule has 4 heteroatoms. The lowest BCUT2D eigenvalue weighted by Crippen LogP contribution is -2.17. The smallest absolute Gasteiger partial charge is 0.320 e. The molecular formula is C7H13O3P. The molecule has 0 bridgehead atoms. The molecule has 0 aromatic rings. The van der Waals surface area contributed by atoms with E-state index < -0.39 is 11.6 Å². The Morgan fingerprint density at radius 1 is 1.45 bits per heavy atom. The van der Waals surface area contributed by atoms with E-state index in [0.29, 0.717) is 12.5 Å². The minimum Gasteiger partial charge on any atom is -0.465 e. The maximum absolute atomic E-state index is 10.8. The van der Waals surface area contributed by atoms with Gasteiger partial charge in [0.2, 0.25) is 0 Å². The largest absolute Gasteiger partial charge is 0.465 e. The molecule has 11 heavy (non-hydrogen) atoms. The summed E-state index contributed by atoms with van der Waals surface area (Å²) in [5.41, 5.74) is -0.534. The second-order valence-corrected chi connectivity index (χ2v) is 3.79. The van der Waals surface area contributed by atoms with Crippen molar-refractivity contribution in [3.05, 3.63) is 0 Å². The molecule has 0 unspecified atom stereocenters. The fraction of sp³-hybridized carbons (Fsp3) is 0.857. The number of hydrogen-bond acceptors (Lipinski definition) is 3. The zero-order valence-corrected chi connectivity index (χ0v) is 7.93. The standard InChI is InChI=1S/C7H13O3P/c1-5(2)4-10-7(8)6(3)11-9/h5-6H,4H2,1-3H3/t6-/m0/s1. The predicted molar refractivity (Wildman–Crippen MR) is 42.9 cm³/mol. The minimum absolute atomic E-state index is 0.175. The van der Waals surface area contributed by atoms with Crippen molar-refractivity contribution < 1.29 is 14.1 Å². The highest BCUT2D eigenvalue weighted by Crippen LogP contribution is 2.07. The highest BCUT2D eigenvalue weighted by Gasteiger charge is 2.13. The molecule has 0 saturated carbocycles. The third-order valence-electron chi connectivity index (χ3n) is 1.06. The van der Waals surface area contributed by atoms with Gasteiger partial charge in [0.1, 0.15) is 5.66 Å². The van der Waals surface area contributed by atoms with E-state index >= 15 is 0 Å². The third kappa shape index (κ3) is 4.91. The van der Waals surface area contributed by atoms with E-state index in [1.54, 1.807) is 6.92 Å². The Morgan fingerprint density at radius 3 is 2.36 bits per heavy atom. The molecule has 0 amide bonds. The van der Waals surface area contributed by atoms with Crippen LogP contribution >= 0.6 is 8.46 Å². The summed E-state index contributed by atoms with van der Waals surface area (Å²) < 4.78 is 15.0. The molecule has 0 N–H and O–H groups in total. The van der Waals surface area contributed by atoms with E-state index in [-0.39, 0.29) is 8.46 Å². The molecule has 0 aromatic heterocycles. The number of hydrogen-bond donors (Lipinski definition) is 0. The van der Waals surface area contributed by atoms with Crippen LogP contribution in [0.1, 0.15) is 20.8 Å². The first-order chi connectivity index (χ1) is 5.07. The van der Waals surface area contributed by atoms with E-state index in [2.05, 4.69) is 0 Å². The summed E-state index contributed by atoms with van der Waals surface area (Å²) in [6.07, 6.45) is 0. The van der Waals surface area contributed by atoms with Gasteiger partial charge in [0.15, 0.2) is 8.46 Å². The van der Waals surface area contributed by atoms with E-state index in [1.165, 1.54) is 0 Å². The SMILES string of the molecule is CC(C)COC(=O)[C@H](C)P=O. The zero-order chi connectivity index (χ0) is 8.85. The fourth-order valence-corrected chi connectivity index (χ4v) is 0.573. The van der Waals surface area contributed by atoms with Crippen LogP contribution in [0.4, 0.5) is 0 Å². The number of ether oxygens (including phenoxy) is 1. The summed E-state index contributed by atoms with van der Waals surface area (Å²) in [7, 11) is -0.175. The number of rotatable bonds is 4. The van der Waals surface area contributed by atoms with Crippen LogP contribution in [-0.4, -0.2) is 18.2 Å². The van der Waals surface area contributed by atoms with Crippen molar-refractivity contribution in [3.63, 3.8) is 0 Å². The van der Waals surface area contributed by atoms with Crippen molar-refractivity contribution in [1.82, 2.24) is 0 Å². The summed E-state index contributed by atoms with van der Waals surface area (Å²) in [6, 6.07) is 0. The Kier molecular flexibility index (Phi) is 5.05. The molecular weight excluding hydrogens is 163 g/mol. The van der Waals surface area contributed by atoms with Crippen molar-refractivity contribution in [2.45, 2.75) is 26.4 Å². The molecule has 0 aliphatic rings. The maximum atomic E-state index is 10.8. The van der Waals surface area contributed by atoms with Crippen molar-refractivity contribution in [3.8, 4) is 0 Å². The zero-order valence-electron chi connectivity index (χ0n) is 7.03. The second-order valence-electron chi connectivity index (χ2n) is 2.81. The first-order valence-electron chi connectivity index (χ1n) is 3.57. The first-order valence-corrected chi connectivity index (χ1v) is 4.45. The summed E-state index contributed by atoms with van der Waals surface area (Å²) in [6.45, 7) is 5.87. The maximum Gasteiger partial charge on any atom is 0.320 e. The summed E-state index contributed by atoms with van der Waals surface area (Å²) in [4.78, 5) is 10.8. The van der Waals surface area contributed by atoms with Gasteiger partial charge in [-0.05, 0) is 12.8 Å². The Labute approximate surface area is 68.3 Å². The van der Waals surface area contributed by atoms with Crippen molar-refractivity contribution in [2.24, 2.45) is 5.92 Å². The summed E-state index contributed by atoms with van der Waals surface area (Å²) >= 11 is 0. The van der Waals surface area contributed by atoms with Crippen LogP contribution in [0.2, 0.25) is 0 Å². The van der Waals surface area contributed by atoms with Gasteiger partial charge in [0.05, 0.1) is 6.61 Å². The Bertz CT molecular complexity index is 145. The van der Waals surface area contributed by atoms with E-state index in [9.17, 15) is 9.36 Å². The highest BCUT2D eigenvalue weighted by atomic mass is 31.1. The predicted octanol–water partition coefficient (Wildman–Crippen LogP) is 1.87. The molecule has 64 valence electrons. The van der Waals surface area contributed by atoms with Gasteiger partial charge in [-0.15, -0.1) is 0 Å². The molecule has 1 atom stereocenters. The summed E-state index contributed by atoms with van der Waals surface area (Å²) in [5, 5.41) is 0. The molecule has 0 radical (unpaired) electrons. The number of esters is 1. The average molecular weight is 176 g/mol. The third-order valence-corrected chi connectivity index (χ3v) is 1.59. The Morgan fingerprint density at radius 2 is 2.00 bits per heavy atom. The normalized spacial score (nSPS) is 13.5. The lowest BCUT2D eigenvalue weighted by Gasteiger charge is -2.07. The monoisotopic (exact) mass is 176 g/mol. The fourth-order valence-electron chi connectivity index (χ4n) is 0.412. The van der Waals surface area contributed by atoms with Gasteiger partial charge in [0.25, 0.3) is 0 Å². The number of carbonyl (C=O) groups excluding carboxylic acids is 1. The lowest BCUT2D eigenvalue weighted by molar-refractivity contribution is -0.143. The lowest BCUT2D eigenvalue weighted by atomic mass is 10.2. The molecule has 0 fully saturated rings.